The number of benzene rings is 2. The maximum atomic E-state index is 12.7. The van der Waals surface area contributed by atoms with Crippen LogP contribution in [-0.2, 0) is 20.4 Å². The second kappa shape index (κ2) is 9.82. The Morgan fingerprint density at radius 2 is 1.77 bits per heavy atom. The molecule has 3 aromatic rings. The normalized spacial score (nSPS) is 12.0. The molecule has 9 heteroatoms. The van der Waals surface area contributed by atoms with Crippen molar-refractivity contribution in [3.63, 3.8) is 0 Å². The fourth-order valence-electron chi connectivity index (χ4n) is 3.01. The Morgan fingerprint density at radius 3 is 2.52 bits per heavy atom. The van der Waals surface area contributed by atoms with Gasteiger partial charge in [0.2, 0.25) is 5.91 Å². The van der Waals surface area contributed by atoms with E-state index in [-0.39, 0.29) is 17.9 Å². The van der Waals surface area contributed by atoms with Gasteiger partial charge in [-0.3, -0.25) is 14.6 Å². The number of amides is 2. The van der Waals surface area contributed by atoms with E-state index in [1.807, 2.05) is 6.07 Å². The van der Waals surface area contributed by atoms with Crippen LogP contribution in [0.4, 0.5) is 0 Å². The van der Waals surface area contributed by atoms with E-state index in [1.54, 1.807) is 60.7 Å². The van der Waals surface area contributed by atoms with Gasteiger partial charge in [-0.05, 0) is 17.7 Å². The molecule has 2 amide bonds. The van der Waals surface area contributed by atoms with Gasteiger partial charge in [-0.2, -0.15) is 5.26 Å². The van der Waals surface area contributed by atoms with Crippen molar-refractivity contribution in [1.82, 2.24) is 15.6 Å². The van der Waals surface area contributed by atoms with E-state index in [0.29, 0.717) is 11.1 Å². The predicted octanol–water partition coefficient (Wildman–Crippen LogP) is 1.59. The second-order valence-electron chi connectivity index (χ2n) is 6.86. The van der Waals surface area contributed by atoms with Crippen molar-refractivity contribution in [2.75, 3.05) is 12.3 Å². The highest BCUT2D eigenvalue weighted by Gasteiger charge is 2.28. The number of nitrogens with zero attached hydrogens (tertiary/aromatic N) is 2. The number of aromatic nitrogens is 1. The van der Waals surface area contributed by atoms with E-state index in [4.69, 9.17) is 5.26 Å². The van der Waals surface area contributed by atoms with Crippen LogP contribution < -0.4 is 10.6 Å². The standard InChI is InChI=1S/C22H20N4O4S/c23-10-11-24-22(28)20(15-31(29,30)14-16-6-2-1-3-7-16)26-21(27)18-12-17-8-4-5-9-19(17)25-13-18/h1-9,12-13,20H,11,14-15H2,(H,24,28)(H,26,27)/t20-/m0/s1. The number of sulfone groups is 1. The summed E-state index contributed by atoms with van der Waals surface area (Å²) in [6, 6.07) is 17.8. The van der Waals surface area contributed by atoms with Gasteiger partial charge in [0.05, 0.1) is 28.7 Å². The lowest BCUT2D eigenvalue weighted by atomic mass is 10.1. The van der Waals surface area contributed by atoms with Crippen LogP contribution in [0.3, 0.4) is 0 Å². The molecule has 0 bridgehead atoms. The molecule has 0 spiro atoms. The summed E-state index contributed by atoms with van der Waals surface area (Å²) in [7, 11) is -3.74. The zero-order chi connectivity index (χ0) is 22.3. The van der Waals surface area contributed by atoms with Crippen LogP contribution in [0, 0.1) is 11.3 Å². The van der Waals surface area contributed by atoms with Gasteiger partial charge in [-0.25, -0.2) is 8.42 Å². The number of nitriles is 1. The molecule has 2 N–H and O–H groups in total. The lowest BCUT2D eigenvalue weighted by molar-refractivity contribution is -0.122. The van der Waals surface area contributed by atoms with Gasteiger partial charge in [-0.1, -0.05) is 48.5 Å². The molecule has 3 rings (SSSR count). The number of hydrogen-bond acceptors (Lipinski definition) is 6. The van der Waals surface area contributed by atoms with Crippen LogP contribution >= 0.6 is 0 Å². The van der Waals surface area contributed by atoms with Gasteiger partial charge in [0, 0.05) is 11.6 Å². The first kappa shape index (κ1) is 21.9. The molecule has 31 heavy (non-hydrogen) atoms. The molecular weight excluding hydrogens is 416 g/mol. The number of carbonyl (C=O) groups excluding carboxylic acids is 2. The third-order valence-electron chi connectivity index (χ3n) is 4.47. The monoisotopic (exact) mass is 436 g/mol. The van der Waals surface area contributed by atoms with Gasteiger partial charge < -0.3 is 10.6 Å². The van der Waals surface area contributed by atoms with Crippen LogP contribution in [0.25, 0.3) is 10.9 Å². The Balaban J connectivity index is 1.79. The summed E-state index contributed by atoms with van der Waals surface area (Å²) in [5.74, 6) is -2.26. The van der Waals surface area contributed by atoms with E-state index in [1.165, 1.54) is 6.20 Å². The molecule has 1 aromatic heterocycles. The minimum Gasteiger partial charge on any atom is -0.341 e. The van der Waals surface area contributed by atoms with Crippen LogP contribution in [-0.4, -0.2) is 43.6 Å². The largest absolute Gasteiger partial charge is 0.341 e. The second-order valence-corrected chi connectivity index (χ2v) is 8.97. The highest BCUT2D eigenvalue weighted by Crippen LogP contribution is 2.13. The van der Waals surface area contributed by atoms with Crippen LogP contribution in [0.15, 0.2) is 66.9 Å². The number of fused-ring (bicyclic) bond motifs is 1. The van der Waals surface area contributed by atoms with Crippen molar-refractivity contribution in [3.05, 3.63) is 78.0 Å². The Kier molecular flexibility index (Phi) is 6.95. The van der Waals surface area contributed by atoms with Crippen molar-refractivity contribution in [2.24, 2.45) is 0 Å². The molecule has 8 nitrogen and oxygen atoms in total. The number of hydrogen-bond donors (Lipinski definition) is 2. The summed E-state index contributed by atoms with van der Waals surface area (Å²) in [6.45, 7) is -0.304. The fraction of sp³-hybridized carbons (Fsp3) is 0.182. The number of para-hydroxylation sites is 1. The molecule has 0 aliphatic carbocycles. The van der Waals surface area contributed by atoms with Gasteiger partial charge in [0.25, 0.3) is 5.91 Å². The average molecular weight is 436 g/mol. The fourth-order valence-corrected chi connectivity index (χ4v) is 4.57. The van der Waals surface area contributed by atoms with Crippen molar-refractivity contribution in [1.29, 1.82) is 5.26 Å². The van der Waals surface area contributed by atoms with Crippen molar-refractivity contribution >= 4 is 32.6 Å². The van der Waals surface area contributed by atoms with Crippen LogP contribution in [0.1, 0.15) is 15.9 Å². The lowest BCUT2D eigenvalue weighted by Gasteiger charge is -2.18. The minimum absolute atomic E-state index is 0.192. The zero-order valence-corrected chi connectivity index (χ0v) is 17.3. The summed E-state index contributed by atoms with van der Waals surface area (Å²) >= 11 is 0. The Bertz CT molecular complexity index is 1240. The van der Waals surface area contributed by atoms with E-state index in [0.717, 1.165) is 5.39 Å². The molecule has 158 valence electrons. The maximum absolute atomic E-state index is 12.7. The first-order valence-electron chi connectivity index (χ1n) is 9.42. The van der Waals surface area contributed by atoms with Gasteiger partial charge in [0.15, 0.2) is 9.84 Å². The van der Waals surface area contributed by atoms with Crippen molar-refractivity contribution in [2.45, 2.75) is 11.8 Å². The van der Waals surface area contributed by atoms with Gasteiger partial charge in [-0.15, -0.1) is 0 Å². The zero-order valence-electron chi connectivity index (χ0n) is 16.5. The highest BCUT2D eigenvalue weighted by molar-refractivity contribution is 7.90. The molecule has 1 heterocycles. The van der Waals surface area contributed by atoms with Gasteiger partial charge >= 0.3 is 0 Å². The third kappa shape index (κ3) is 6.10. The lowest BCUT2D eigenvalue weighted by Crippen LogP contribution is -2.50. The summed E-state index contributed by atoms with van der Waals surface area (Å²) in [4.78, 5) is 29.4. The maximum Gasteiger partial charge on any atom is 0.253 e. The number of carbonyl (C=O) groups is 2. The summed E-state index contributed by atoms with van der Waals surface area (Å²) in [5.41, 5.74) is 1.47. The Labute approximate surface area is 179 Å². The van der Waals surface area contributed by atoms with Crippen molar-refractivity contribution < 1.29 is 18.0 Å². The SMILES string of the molecule is N#CCNC(=O)[C@H](CS(=O)(=O)Cc1ccccc1)NC(=O)c1cnc2ccccc2c1. The van der Waals surface area contributed by atoms with Crippen LogP contribution in [0.5, 0.6) is 0 Å². The molecule has 0 saturated heterocycles. The van der Waals surface area contributed by atoms with Gasteiger partial charge in [0.1, 0.15) is 12.6 Å². The van der Waals surface area contributed by atoms with E-state index < -0.39 is 33.4 Å². The molecular formula is C22H20N4O4S. The molecule has 0 saturated carbocycles. The van der Waals surface area contributed by atoms with Crippen LogP contribution in [0.2, 0.25) is 0 Å². The van der Waals surface area contributed by atoms with E-state index in [2.05, 4.69) is 15.6 Å². The number of rotatable bonds is 8. The number of pyridine rings is 1. The Morgan fingerprint density at radius 1 is 1.06 bits per heavy atom. The van der Waals surface area contributed by atoms with E-state index >= 15 is 0 Å². The summed E-state index contributed by atoms with van der Waals surface area (Å²) in [6.07, 6.45) is 1.36. The molecule has 0 aliphatic heterocycles. The summed E-state index contributed by atoms with van der Waals surface area (Å²) < 4.78 is 25.3. The molecule has 0 unspecified atom stereocenters. The van der Waals surface area contributed by atoms with E-state index in [9.17, 15) is 18.0 Å². The molecule has 0 radical (unpaired) electrons. The van der Waals surface area contributed by atoms with Crippen molar-refractivity contribution in [3.8, 4) is 6.07 Å². The third-order valence-corrected chi connectivity index (χ3v) is 6.08. The molecule has 1 atom stereocenters. The highest BCUT2D eigenvalue weighted by atomic mass is 32.2. The Hall–Kier alpha value is -3.77. The molecule has 0 fully saturated rings. The molecule has 0 aliphatic rings. The average Bonchev–Trinajstić information content (AvgIpc) is 2.76. The topological polar surface area (TPSA) is 129 Å². The minimum atomic E-state index is -3.74. The first-order valence-corrected chi connectivity index (χ1v) is 11.2. The first-order chi connectivity index (χ1) is 14.9. The predicted molar refractivity (Wildman–Crippen MR) is 116 cm³/mol. The summed E-state index contributed by atoms with van der Waals surface area (Å²) in [5, 5.41) is 14.2. The number of nitrogens with one attached hydrogen (secondary N) is 2. The molecule has 2 aromatic carbocycles. The smallest absolute Gasteiger partial charge is 0.253 e. The quantitative estimate of drug-likeness (QED) is 0.516.